The van der Waals surface area contributed by atoms with Gasteiger partial charge in [0.1, 0.15) is 0 Å². The summed E-state index contributed by atoms with van der Waals surface area (Å²) in [5, 5.41) is 0. The van der Waals surface area contributed by atoms with Crippen molar-refractivity contribution in [3.05, 3.63) is 18.2 Å². The molecule has 1 saturated heterocycles. The van der Waals surface area contributed by atoms with Crippen LogP contribution in [0.15, 0.2) is 23.1 Å². The lowest BCUT2D eigenvalue weighted by Crippen LogP contribution is -2.45. The predicted molar refractivity (Wildman–Crippen MR) is 88.7 cm³/mol. The number of piperidine rings is 1. The number of methoxy groups -OCH3 is 2. The molecule has 0 saturated carbocycles. The first kappa shape index (κ1) is 17.0. The highest BCUT2D eigenvalue weighted by Gasteiger charge is 2.20. The lowest BCUT2D eigenvalue weighted by molar-refractivity contribution is -0.131. The average molecular weight is 324 g/mol. The van der Waals surface area contributed by atoms with Crippen LogP contribution < -0.4 is 15.2 Å². The molecule has 1 aliphatic rings. The van der Waals surface area contributed by atoms with E-state index in [1.54, 1.807) is 26.0 Å². The van der Waals surface area contributed by atoms with E-state index >= 15 is 0 Å². The van der Waals surface area contributed by atoms with Gasteiger partial charge in [0.15, 0.2) is 11.5 Å². The van der Waals surface area contributed by atoms with Gasteiger partial charge in [0, 0.05) is 36.2 Å². The molecule has 0 radical (unpaired) electrons. The summed E-state index contributed by atoms with van der Waals surface area (Å²) in [5.74, 6) is 2.37. The fraction of sp³-hybridized carbons (Fsp3) is 0.562. The second kappa shape index (κ2) is 8.29. The molecule has 1 heterocycles. The van der Waals surface area contributed by atoms with E-state index in [0.717, 1.165) is 30.0 Å². The maximum Gasteiger partial charge on any atom is 0.223 e. The third-order valence-corrected chi connectivity index (χ3v) is 4.75. The molecule has 5 nitrogen and oxygen atoms in total. The van der Waals surface area contributed by atoms with Gasteiger partial charge in [-0.05, 0) is 31.0 Å². The van der Waals surface area contributed by atoms with Crippen molar-refractivity contribution in [2.75, 3.05) is 33.1 Å². The number of thioether (sulfide) groups is 1. The van der Waals surface area contributed by atoms with Crippen LogP contribution in [0.25, 0.3) is 0 Å². The molecule has 2 rings (SSSR count). The van der Waals surface area contributed by atoms with Gasteiger partial charge in [-0.25, -0.2) is 0 Å². The SMILES string of the molecule is COc1ccc(SCCC(=O)N2CCCC(N)C2)cc1OC. The minimum Gasteiger partial charge on any atom is -0.493 e. The molecular formula is C16H24N2O3S. The van der Waals surface area contributed by atoms with E-state index in [2.05, 4.69) is 0 Å². The van der Waals surface area contributed by atoms with E-state index in [1.807, 2.05) is 23.1 Å². The van der Waals surface area contributed by atoms with Crippen LogP contribution in [0.1, 0.15) is 19.3 Å². The number of amides is 1. The van der Waals surface area contributed by atoms with Crippen LogP contribution in [-0.2, 0) is 4.79 Å². The summed E-state index contributed by atoms with van der Waals surface area (Å²) in [7, 11) is 3.24. The fourth-order valence-corrected chi connectivity index (χ4v) is 3.42. The summed E-state index contributed by atoms with van der Waals surface area (Å²) < 4.78 is 10.5. The Morgan fingerprint density at radius 2 is 2.14 bits per heavy atom. The Hall–Kier alpha value is -1.40. The fourth-order valence-electron chi connectivity index (χ4n) is 2.56. The van der Waals surface area contributed by atoms with Crippen LogP contribution in [0.4, 0.5) is 0 Å². The summed E-state index contributed by atoms with van der Waals surface area (Å²) in [5.41, 5.74) is 5.92. The Morgan fingerprint density at radius 3 is 2.82 bits per heavy atom. The molecule has 1 atom stereocenters. The number of carbonyl (C=O) groups is 1. The van der Waals surface area contributed by atoms with Crippen molar-refractivity contribution in [3.8, 4) is 11.5 Å². The Kier molecular flexibility index (Phi) is 6.39. The van der Waals surface area contributed by atoms with Gasteiger partial charge >= 0.3 is 0 Å². The largest absolute Gasteiger partial charge is 0.493 e. The minimum absolute atomic E-state index is 0.135. The summed E-state index contributed by atoms with van der Waals surface area (Å²) in [4.78, 5) is 15.1. The molecule has 0 bridgehead atoms. The monoisotopic (exact) mass is 324 g/mol. The zero-order chi connectivity index (χ0) is 15.9. The molecule has 1 aliphatic heterocycles. The number of ether oxygens (including phenoxy) is 2. The third kappa shape index (κ3) is 4.55. The van der Waals surface area contributed by atoms with Gasteiger partial charge in [0.05, 0.1) is 14.2 Å². The number of rotatable bonds is 6. The van der Waals surface area contributed by atoms with Crippen LogP contribution in [-0.4, -0.2) is 49.9 Å². The van der Waals surface area contributed by atoms with Crippen molar-refractivity contribution >= 4 is 17.7 Å². The zero-order valence-corrected chi connectivity index (χ0v) is 14.0. The molecule has 0 aromatic heterocycles. The molecule has 1 fully saturated rings. The van der Waals surface area contributed by atoms with Gasteiger partial charge in [0.25, 0.3) is 0 Å². The highest BCUT2D eigenvalue weighted by Crippen LogP contribution is 2.32. The van der Waals surface area contributed by atoms with Crippen LogP contribution >= 0.6 is 11.8 Å². The van der Waals surface area contributed by atoms with Gasteiger partial charge in [-0.15, -0.1) is 11.8 Å². The molecule has 1 unspecified atom stereocenters. The molecule has 0 spiro atoms. The van der Waals surface area contributed by atoms with Crippen LogP contribution in [0.5, 0.6) is 11.5 Å². The highest BCUT2D eigenvalue weighted by molar-refractivity contribution is 7.99. The minimum atomic E-state index is 0.135. The Morgan fingerprint density at radius 1 is 1.36 bits per heavy atom. The van der Waals surface area contributed by atoms with E-state index in [1.165, 1.54) is 0 Å². The van der Waals surface area contributed by atoms with Crippen molar-refractivity contribution in [2.24, 2.45) is 5.73 Å². The molecular weight excluding hydrogens is 300 g/mol. The van der Waals surface area contributed by atoms with Crippen LogP contribution in [0.3, 0.4) is 0 Å². The number of nitrogens with two attached hydrogens (primary N) is 1. The van der Waals surface area contributed by atoms with Crippen molar-refractivity contribution < 1.29 is 14.3 Å². The average Bonchev–Trinajstić information content (AvgIpc) is 2.54. The topological polar surface area (TPSA) is 64.8 Å². The summed E-state index contributed by atoms with van der Waals surface area (Å²) in [6.07, 6.45) is 2.56. The van der Waals surface area contributed by atoms with Gasteiger partial charge in [-0.2, -0.15) is 0 Å². The normalized spacial score (nSPS) is 18.1. The van der Waals surface area contributed by atoms with Crippen molar-refractivity contribution in [1.82, 2.24) is 4.90 Å². The second-order valence-electron chi connectivity index (χ2n) is 5.36. The molecule has 6 heteroatoms. The lowest BCUT2D eigenvalue weighted by atomic mass is 10.1. The predicted octanol–water partition coefficient (Wildman–Crippen LogP) is 2.14. The van der Waals surface area contributed by atoms with Gasteiger partial charge in [-0.3, -0.25) is 4.79 Å². The maximum absolute atomic E-state index is 12.2. The van der Waals surface area contributed by atoms with Gasteiger partial charge < -0.3 is 20.1 Å². The summed E-state index contributed by atoms with van der Waals surface area (Å²) in [6, 6.07) is 5.93. The Balaban J connectivity index is 1.82. The Bertz CT molecular complexity index is 510. The van der Waals surface area contributed by atoms with E-state index in [-0.39, 0.29) is 11.9 Å². The number of benzene rings is 1. The van der Waals surface area contributed by atoms with E-state index in [9.17, 15) is 4.79 Å². The number of hydrogen-bond acceptors (Lipinski definition) is 5. The first-order valence-corrected chi connectivity index (χ1v) is 8.50. The number of hydrogen-bond donors (Lipinski definition) is 1. The molecule has 0 aliphatic carbocycles. The molecule has 1 aromatic carbocycles. The van der Waals surface area contributed by atoms with Crippen LogP contribution in [0.2, 0.25) is 0 Å². The van der Waals surface area contributed by atoms with Crippen LogP contribution in [0, 0.1) is 0 Å². The van der Waals surface area contributed by atoms with E-state index in [0.29, 0.717) is 24.5 Å². The van der Waals surface area contributed by atoms with E-state index in [4.69, 9.17) is 15.2 Å². The zero-order valence-electron chi connectivity index (χ0n) is 13.2. The molecule has 1 amide bonds. The van der Waals surface area contributed by atoms with Gasteiger partial charge in [0.2, 0.25) is 5.91 Å². The Labute approximate surface area is 136 Å². The highest BCUT2D eigenvalue weighted by atomic mass is 32.2. The maximum atomic E-state index is 12.2. The second-order valence-corrected chi connectivity index (χ2v) is 6.53. The van der Waals surface area contributed by atoms with Crippen molar-refractivity contribution in [2.45, 2.75) is 30.2 Å². The smallest absolute Gasteiger partial charge is 0.223 e. The number of likely N-dealkylation sites (tertiary alicyclic amines) is 1. The van der Waals surface area contributed by atoms with Crippen molar-refractivity contribution in [1.29, 1.82) is 0 Å². The van der Waals surface area contributed by atoms with Crippen molar-refractivity contribution in [3.63, 3.8) is 0 Å². The van der Waals surface area contributed by atoms with E-state index < -0.39 is 0 Å². The number of carbonyl (C=O) groups excluding carboxylic acids is 1. The summed E-state index contributed by atoms with van der Waals surface area (Å²) >= 11 is 1.65. The standard InChI is InChI=1S/C16H24N2O3S/c1-20-14-6-5-13(10-15(14)21-2)22-9-7-16(19)18-8-3-4-12(17)11-18/h5-6,10,12H,3-4,7-9,11,17H2,1-2H3. The molecule has 122 valence electrons. The molecule has 1 aromatic rings. The molecule has 22 heavy (non-hydrogen) atoms. The van der Waals surface area contributed by atoms with Gasteiger partial charge in [-0.1, -0.05) is 0 Å². The first-order chi connectivity index (χ1) is 10.6. The molecule has 2 N–H and O–H groups in total. The lowest BCUT2D eigenvalue weighted by Gasteiger charge is -2.30. The summed E-state index contributed by atoms with van der Waals surface area (Å²) in [6.45, 7) is 1.54. The third-order valence-electron chi connectivity index (χ3n) is 3.75. The first-order valence-electron chi connectivity index (χ1n) is 7.52. The number of nitrogens with zero attached hydrogens (tertiary/aromatic N) is 1. The quantitative estimate of drug-likeness (QED) is 0.812.